The lowest BCUT2D eigenvalue weighted by molar-refractivity contribution is -0.138. The number of hydrogen-bond donors (Lipinski definition) is 1. The molecule has 1 atom stereocenters. The lowest BCUT2D eigenvalue weighted by Gasteiger charge is -2.27. The Labute approximate surface area is 272 Å². The van der Waals surface area contributed by atoms with Gasteiger partial charge in [-0.2, -0.15) is 0 Å². The van der Waals surface area contributed by atoms with E-state index in [-0.39, 0.29) is 28.7 Å². The van der Waals surface area contributed by atoms with Crippen LogP contribution >= 0.6 is 23.1 Å². The maximum absolute atomic E-state index is 14.4. The van der Waals surface area contributed by atoms with E-state index in [1.807, 2.05) is 79.1 Å². The number of ether oxygens (including phenoxy) is 1. The molecule has 0 radical (unpaired) electrons. The van der Waals surface area contributed by atoms with Crippen LogP contribution in [0.4, 0.5) is 0 Å². The molecular weight excluding hydrogens is 601 g/mol. The molecule has 3 aromatic carbocycles. The van der Waals surface area contributed by atoms with Gasteiger partial charge in [0, 0.05) is 21.6 Å². The molecule has 2 heterocycles. The fourth-order valence-corrected chi connectivity index (χ4v) is 6.99. The number of benzene rings is 3. The third-order valence-electron chi connectivity index (χ3n) is 7.85. The van der Waals surface area contributed by atoms with Crippen molar-refractivity contribution in [2.24, 2.45) is 4.99 Å². The van der Waals surface area contributed by atoms with Crippen molar-refractivity contribution in [2.45, 2.75) is 70.2 Å². The van der Waals surface area contributed by atoms with Crippen molar-refractivity contribution in [3.05, 3.63) is 120 Å². The second kappa shape index (κ2) is 12.5. The summed E-state index contributed by atoms with van der Waals surface area (Å²) in [5.74, 6) is -0.217. The van der Waals surface area contributed by atoms with E-state index in [0.717, 1.165) is 32.7 Å². The summed E-state index contributed by atoms with van der Waals surface area (Å²) in [4.78, 5) is 34.6. The van der Waals surface area contributed by atoms with Gasteiger partial charge in [-0.25, -0.2) is 9.79 Å². The highest BCUT2D eigenvalue weighted by Gasteiger charge is 2.35. The van der Waals surface area contributed by atoms with Crippen LogP contribution in [0.25, 0.3) is 11.8 Å². The Morgan fingerprint density at radius 2 is 1.60 bits per heavy atom. The van der Waals surface area contributed by atoms with Gasteiger partial charge in [-0.15, -0.1) is 11.8 Å². The molecule has 8 heteroatoms. The molecule has 0 aliphatic carbocycles. The molecule has 4 aromatic rings. The standard InChI is InChI=1S/C37H40N2O4S2/c1-9-43-34(42)29-30(23-13-11-10-12-14-23)38-35-39(31(29)24-15-17-25(44-8)18-16-24)33(41)28(45-35)21-22-19-26(36(2,3)4)32(40)27(20-22)37(5,6)7/h10-21,31,40H,9H2,1-8H3. The summed E-state index contributed by atoms with van der Waals surface area (Å²) >= 11 is 2.92. The molecule has 1 aliphatic rings. The molecule has 45 heavy (non-hydrogen) atoms. The van der Waals surface area contributed by atoms with E-state index in [1.54, 1.807) is 23.3 Å². The van der Waals surface area contributed by atoms with E-state index in [2.05, 4.69) is 41.5 Å². The van der Waals surface area contributed by atoms with Crippen LogP contribution in [0.5, 0.6) is 5.75 Å². The molecule has 0 saturated carbocycles. The summed E-state index contributed by atoms with van der Waals surface area (Å²) in [6.07, 6.45) is 3.88. The van der Waals surface area contributed by atoms with E-state index < -0.39 is 12.0 Å². The number of fused-ring (bicyclic) bond motifs is 1. The van der Waals surface area contributed by atoms with Crippen LogP contribution in [0.15, 0.2) is 87.0 Å². The van der Waals surface area contributed by atoms with Crippen LogP contribution in [-0.2, 0) is 20.4 Å². The van der Waals surface area contributed by atoms with Crippen LogP contribution < -0.4 is 14.9 Å². The predicted molar refractivity (Wildman–Crippen MR) is 185 cm³/mol. The van der Waals surface area contributed by atoms with Crippen molar-refractivity contribution in [3.8, 4) is 5.75 Å². The lowest BCUT2D eigenvalue weighted by atomic mass is 9.78. The molecule has 0 fully saturated rings. The van der Waals surface area contributed by atoms with Gasteiger partial charge in [0.1, 0.15) is 5.75 Å². The van der Waals surface area contributed by atoms with Crippen LogP contribution in [0.2, 0.25) is 0 Å². The largest absolute Gasteiger partial charge is 0.507 e. The van der Waals surface area contributed by atoms with Gasteiger partial charge in [-0.05, 0) is 65.5 Å². The Bertz CT molecular complexity index is 1920. The van der Waals surface area contributed by atoms with E-state index in [1.165, 1.54) is 11.3 Å². The first-order chi connectivity index (χ1) is 21.2. The summed E-state index contributed by atoms with van der Waals surface area (Å²) < 4.78 is 7.70. The number of phenolic OH excluding ortho intramolecular Hbond substituents is 1. The summed E-state index contributed by atoms with van der Waals surface area (Å²) in [6, 6.07) is 20.7. The summed E-state index contributed by atoms with van der Waals surface area (Å²) in [7, 11) is 0. The van der Waals surface area contributed by atoms with Crippen molar-refractivity contribution < 1.29 is 14.6 Å². The number of carbonyl (C=O) groups is 1. The third-order valence-corrected chi connectivity index (χ3v) is 9.58. The van der Waals surface area contributed by atoms with E-state index in [9.17, 15) is 14.7 Å². The average Bonchev–Trinajstić information content (AvgIpc) is 3.30. The topological polar surface area (TPSA) is 80.9 Å². The second-order valence-corrected chi connectivity index (χ2v) is 15.1. The predicted octanol–water partition coefficient (Wildman–Crippen LogP) is 6.96. The van der Waals surface area contributed by atoms with Crippen LogP contribution in [0.3, 0.4) is 0 Å². The van der Waals surface area contributed by atoms with Gasteiger partial charge in [-0.1, -0.05) is 95.3 Å². The Morgan fingerprint density at radius 3 is 2.13 bits per heavy atom. The van der Waals surface area contributed by atoms with Crippen molar-refractivity contribution >= 4 is 40.8 Å². The van der Waals surface area contributed by atoms with Gasteiger partial charge < -0.3 is 9.84 Å². The SMILES string of the molecule is CCOC(=O)C1=C(c2ccccc2)N=c2sc(=Cc3cc(C(C)(C)C)c(O)c(C(C)(C)C)c3)c(=O)n2C1c1ccc(SC)cc1. The Morgan fingerprint density at radius 1 is 1.00 bits per heavy atom. The fraction of sp³-hybridized carbons (Fsp3) is 0.324. The summed E-state index contributed by atoms with van der Waals surface area (Å²) in [5, 5.41) is 11.3. The van der Waals surface area contributed by atoms with E-state index in [4.69, 9.17) is 9.73 Å². The quantitative estimate of drug-likeness (QED) is 0.182. The van der Waals surface area contributed by atoms with Crippen molar-refractivity contribution in [1.29, 1.82) is 0 Å². The minimum Gasteiger partial charge on any atom is -0.507 e. The van der Waals surface area contributed by atoms with Gasteiger partial charge >= 0.3 is 5.97 Å². The third kappa shape index (κ3) is 6.44. The van der Waals surface area contributed by atoms with E-state index in [0.29, 0.717) is 20.6 Å². The molecule has 1 aromatic heterocycles. The highest BCUT2D eigenvalue weighted by molar-refractivity contribution is 7.98. The number of carbonyl (C=O) groups excluding carboxylic acids is 1. The molecule has 1 N–H and O–H groups in total. The number of thioether (sulfide) groups is 1. The number of aromatic hydroxyl groups is 1. The van der Waals surface area contributed by atoms with Crippen molar-refractivity contribution in [1.82, 2.24) is 4.57 Å². The number of nitrogens with zero attached hydrogens (tertiary/aromatic N) is 2. The molecule has 0 amide bonds. The summed E-state index contributed by atoms with van der Waals surface area (Å²) in [5.41, 5.74) is 3.97. The number of esters is 1. The monoisotopic (exact) mass is 640 g/mol. The zero-order chi connectivity index (χ0) is 32.7. The first-order valence-electron chi connectivity index (χ1n) is 15.0. The number of thiazole rings is 1. The maximum Gasteiger partial charge on any atom is 0.338 e. The number of phenols is 1. The minimum atomic E-state index is -0.733. The van der Waals surface area contributed by atoms with Gasteiger partial charge in [-0.3, -0.25) is 9.36 Å². The Kier molecular flexibility index (Phi) is 9.02. The molecule has 0 spiro atoms. The zero-order valence-corrected chi connectivity index (χ0v) is 28.7. The van der Waals surface area contributed by atoms with E-state index >= 15 is 0 Å². The highest BCUT2D eigenvalue weighted by atomic mass is 32.2. The molecule has 5 rings (SSSR count). The van der Waals surface area contributed by atoms with Gasteiger partial charge in [0.2, 0.25) is 0 Å². The molecule has 0 bridgehead atoms. The average molecular weight is 641 g/mol. The lowest BCUT2D eigenvalue weighted by Crippen LogP contribution is -2.40. The number of aromatic nitrogens is 1. The molecule has 1 unspecified atom stereocenters. The smallest absolute Gasteiger partial charge is 0.338 e. The number of hydrogen-bond acceptors (Lipinski definition) is 7. The zero-order valence-electron chi connectivity index (χ0n) is 27.1. The van der Waals surface area contributed by atoms with Crippen LogP contribution in [0, 0.1) is 0 Å². The first kappa shape index (κ1) is 32.5. The molecule has 234 valence electrons. The second-order valence-electron chi connectivity index (χ2n) is 13.2. The van der Waals surface area contributed by atoms with Crippen LogP contribution in [0.1, 0.15) is 82.3 Å². The van der Waals surface area contributed by atoms with Crippen molar-refractivity contribution in [3.63, 3.8) is 0 Å². The molecule has 1 aliphatic heterocycles. The van der Waals surface area contributed by atoms with Crippen LogP contribution in [-0.4, -0.2) is 28.5 Å². The maximum atomic E-state index is 14.4. The number of rotatable bonds is 6. The minimum absolute atomic E-state index is 0.194. The molecule has 0 saturated heterocycles. The fourth-order valence-electron chi connectivity index (χ4n) is 5.58. The molecule has 6 nitrogen and oxygen atoms in total. The summed E-state index contributed by atoms with van der Waals surface area (Å²) in [6.45, 7) is 14.4. The van der Waals surface area contributed by atoms with Gasteiger partial charge in [0.15, 0.2) is 4.80 Å². The Hall–Kier alpha value is -3.88. The normalized spacial score (nSPS) is 15.6. The highest BCUT2D eigenvalue weighted by Crippen LogP contribution is 2.40. The van der Waals surface area contributed by atoms with Crippen molar-refractivity contribution in [2.75, 3.05) is 12.9 Å². The van der Waals surface area contributed by atoms with Gasteiger partial charge in [0.05, 0.1) is 28.5 Å². The Balaban J connectivity index is 1.83. The van der Waals surface area contributed by atoms with Gasteiger partial charge in [0.25, 0.3) is 5.56 Å². The first-order valence-corrected chi connectivity index (χ1v) is 17.1. The molecular formula is C37H40N2O4S2.